The Morgan fingerprint density at radius 1 is 0.879 bits per heavy atom. The lowest BCUT2D eigenvalue weighted by atomic mass is 9.91. The maximum atomic E-state index is 15.0. The molecule has 0 saturated carbocycles. The highest BCUT2D eigenvalue weighted by atomic mass is 28.3. The number of rotatable bonds is 7. The summed E-state index contributed by atoms with van der Waals surface area (Å²) >= 11 is 0. The van der Waals surface area contributed by atoms with Crippen molar-refractivity contribution in [3.05, 3.63) is 94.6 Å². The Labute approximate surface area is 197 Å². The minimum Gasteiger partial charge on any atom is -0.206 e. The maximum Gasteiger partial charge on any atom is 0.141 e. The average molecular weight is 460 g/mol. The molecule has 1 saturated heterocycles. The smallest absolute Gasteiger partial charge is 0.141 e. The number of hydrogen-bond acceptors (Lipinski definition) is 1. The van der Waals surface area contributed by atoms with Crippen LogP contribution < -0.4 is 0 Å². The molecule has 1 heterocycles. The van der Waals surface area contributed by atoms with E-state index in [1.165, 1.54) is 49.5 Å². The summed E-state index contributed by atoms with van der Waals surface area (Å²) in [5.74, 6) is -0.0924. The second-order valence-electron chi connectivity index (χ2n) is 9.37. The minimum atomic E-state index is -0.522. The van der Waals surface area contributed by atoms with Crippen molar-refractivity contribution in [2.24, 2.45) is 0 Å². The molecule has 0 amide bonds. The van der Waals surface area contributed by atoms with Gasteiger partial charge < -0.3 is 0 Å². The second-order valence-corrected chi connectivity index (χ2v) is 12.8. The van der Waals surface area contributed by atoms with E-state index in [1.54, 1.807) is 12.1 Å². The van der Waals surface area contributed by atoms with Crippen molar-refractivity contribution in [1.82, 2.24) is 0 Å². The molecule has 0 aromatic heterocycles. The molecule has 1 aliphatic heterocycles. The van der Waals surface area contributed by atoms with Crippen molar-refractivity contribution in [3.8, 4) is 17.2 Å². The van der Waals surface area contributed by atoms with Crippen LogP contribution in [0.2, 0.25) is 18.1 Å². The maximum absolute atomic E-state index is 15.0. The molecule has 0 N–H and O–H groups in total. The van der Waals surface area contributed by atoms with Crippen molar-refractivity contribution < 1.29 is 8.78 Å². The lowest BCUT2D eigenvalue weighted by molar-refractivity contribution is 0.589. The first-order valence-electron chi connectivity index (χ1n) is 12.1. The van der Waals surface area contributed by atoms with E-state index in [2.05, 4.69) is 13.0 Å². The third kappa shape index (κ3) is 5.78. The van der Waals surface area contributed by atoms with Crippen LogP contribution >= 0.6 is 0 Å². The summed E-state index contributed by atoms with van der Waals surface area (Å²) in [6.45, 7) is 2.29. The molecule has 3 aromatic carbocycles. The Hall–Kier alpha value is -2.77. The molecule has 170 valence electrons. The van der Waals surface area contributed by atoms with E-state index in [-0.39, 0.29) is 11.4 Å². The zero-order chi connectivity index (χ0) is 23.2. The van der Waals surface area contributed by atoms with E-state index < -0.39 is 14.6 Å². The average Bonchev–Trinajstić information content (AvgIpc) is 2.84. The minimum absolute atomic E-state index is 0.0715. The summed E-state index contributed by atoms with van der Waals surface area (Å²) in [7, 11) is -0.522. The van der Waals surface area contributed by atoms with Gasteiger partial charge in [0.25, 0.3) is 0 Å². The molecule has 0 radical (unpaired) electrons. The molecule has 0 bridgehead atoms. The molecule has 3 aromatic rings. The second kappa shape index (κ2) is 10.9. The van der Waals surface area contributed by atoms with E-state index >= 15 is 4.39 Å². The Kier molecular flexibility index (Phi) is 7.72. The fraction of sp³-hybridized carbons (Fsp3) is 0.345. The van der Waals surface area contributed by atoms with Gasteiger partial charge in [0.1, 0.15) is 17.7 Å². The van der Waals surface area contributed by atoms with Crippen LogP contribution in [-0.2, 0) is 12.8 Å². The van der Waals surface area contributed by atoms with Crippen LogP contribution in [0.25, 0.3) is 11.1 Å². The summed E-state index contributed by atoms with van der Waals surface area (Å²) in [5.41, 5.74) is 4.74. The van der Waals surface area contributed by atoms with Crippen LogP contribution in [-0.4, -0.2) is 8.80 Å². The van der Waals surface area contributed by atoms with Crippen LogP contribution in [0.4, 0.5) is 8.78 Å². The number of benzene rings is 3. The topological polar surface area (TPSA) is 23.8 Å². The SMILES string of the molecule is CCC[SiH]1CCC(c2ccc(-c3ccc(CCc4ccc(C#N)c(F)c4)cc3)c(F)c2)CC1. The van der Waals surface area contributed by atoms with Gasteiger partial charge in [0.05, 0.1) is 5.56 Å². The number of nitriles is 1. The molecule has 33 heavy (non-hydrogen) atoms. The zero-order valence-electron chi connectivity index (χ0n) is 19.3. The predicted molar refractivity (Wildman–Crippen MR) is 134 cm³/mol. The van der Waals surface area contributed by atoms with Crippen molar-refractivity contribution in [2.45, 2.75) is 63.1 Å². The summed E-state index contributed by atoms with van der Waals surface area (Å²) in [5, 5.41) is 8.85. The van der Waals surface area contributed by atoms with Crippen molar-refractivity contribution in [3.63, 3.8) is 0 Å². The predicted octanol–water partition coefficient (Wildman–Crippen LogP) is 7.80. The van der Waals surface area contributed by atoms with Gasteiger partial charge in [-0.3, -0.25) is 0 Å². The van der Waals surface area contributed by atoms with Gasteiger partial charge in [0, 0.05) is 14.4 Å². The van der Waals surface area contributed by atoms with E-state index in [1.807, 2.05) is 36.4 Å². The molecule has 1 fully saturated rings. The van der Waals surface area contributed by atoms with Crippen LogP contribution in [0.15, 0.2) is 60.7 Å². The van der Waals surface area contributed by atoms with E-state index in [9.17, 15) is 4.39 Å². The fourth-order valence-corrected chi connectivity index (χ4v) is 8.59. The Balaban J connectivity index is 1.38. The van der Waals surface area contributed by atoms with Crippen molar-refractivity contribution in [1.29, 1.82) is 5.26 Å². The zero-order valence-corrected chi connectivity index (χ0v) is 20.4. The summed E-state index contributed by atoms with van der Waals surface area (Å²) < 4.78 is 28.8. The summed E-state index contributed by atoms with van der Waals surface area (Å²) in [4.78, 5) is 0. The Morgan fingerprint density at radius 3 is 2.21 bits per heavy atom. The quantitative estimate of drug-likeness (QED) is 0.331. The van der Waals surface area contributed by atoms with E-state index in [0.717, 1.165) is 28.7 Å². The number of halogens is 2. The van der Waals surface area contributed by atoms with E-state index in [4.69, 9.17) is 5.26 Å². The molecular formula is C29H31F2NSi. The highest BCUT2D eigenvalue weighted by Gasteiger charge is 2.23. The van der Waals surface area contributed by atoms with Crippen LogP contribution in [0.3, 0.4) is 0 Å². The third-order valence-corrected chi connectivity index (χ3v) is 10.8. The molecule has 4 rings (SSSR count). The lowest BCUT2D eigenvalue weighted by Gasteiger charge is -2.28. The normalized spacial score (nSPS) is 18.1. The first-order valence-corrected chi connectivity index (χ1v) is 14.6. The van der Waals surface area contributed by atoms with Gasteiger partial charge >= 0.3 is 0 Å². The number of aryl methyl sites for hydroxylation is 2. The van der Waals surface area contributed by atoms with Gasteiger partial charge in [-0.25, -0.2) is 8.78 Å². The largest absolute Gasteiger partial charge is 0.206 e. The van der Waals surface area contributed by atoms with E-state index in [0.29, 0.717) is 17.9 Å². The molecule has 0 spiro atoms. The molecule has 0 atom stereocenters. The molecule has 4 heteroatoms. The molecular weight excluding hydrogens is 428 g/mol. The monoisotopic (exact) mass is 459 g/mol. The van der Waals surface area contributed by atoms with Crippen molar-refractivity contribution >= 4 is 8.80 Å². The van der Waals surface area contributed by atoms with Gasteiger partial charge in [0.15, 0.2) is 0 Å². The Morgan fingerprint density at radius 2 is 1.58 bits per heavy atom. The standard InChI is InChI=1S/C29H31F2NSi/c1-2-15-33-16-13-23(14-17-33)25-11-12-27(29(31)19-25)24-8-5-21(6-9-24)3-4-22-7-10-26(20-32)28(30)18-22/h5-12,18-19,23,33H,2-4,13-17H2,1H3. The fourth-order valence-electron chi connectivity index (χ4n) is 5.16. The first-order chi connectivity index (χ1) is 16.1. The molecule has 0 unspecified atom stereocenters. The highest BCUT2D eigenvalue weighted by Crippen LogP contribution is 2.36. The molecule has 1 nitrogen and oxygen atoms in total. The molecule has 1 aliphatic rings. The van der Waals surface area contributed by atoms with Crippen molar-refractivity contribution in [2.75, 3.05) is 0 Å². The van der Waals surface area contributed by atoms with Gasteiger partial charge in [-0.15, -0.1) is 0 Å². The number of hydrogen-bond donors (Lipinski definition) is 0. The summed E-state index contributed by atoms with van der Waals surface area (Å²) in [6, 6.07) is 24.7. The van der Waals surface area contributed by atoms with Crippen LogP contribution in [0.1, 0.15) is 54.4 Å². The van der Waals surface area contributed by atoms with Gasteiger partial charge in [0.2, 0.25) is 0 Å². The Bertz CT molecular complexity index is 1130. The lowest BCUT2D eigenvalue weighted by Crippen LogP contribution is -2.20. The number of nitrogens with zero attached hydrogens (tertiary/aromatic N) is 1. The van der Waals surface area contributed by atoms with Gasteiger partial charge in [-0.2, -0.15) is 5.26 Å². The first kappa shape index (κ1) is 23.4. The van der Waals surface area contributed by atoms with Crippen LogP contribution in [0.5, 0.6) is 0 Å². The van der Waals surface area contributed by atoms with Gasteiger partial charge in [-0.1, -0.05) is 73.9 Å². The van der Waals surface area contributed by atoms with Crippen LogP contribution in [0, 0.1) is 23.0 Å². The summed E-state index contributed by atoms with van der Waals surface area (Å²) in [6.07, 6.45) is 5.23. The third-order valence-electron chi connectivity index (χ3n) is 7.13. The highest BCUT2D eigenvalue weighted by molar-refractivity contribution is 6.59. The molecule has 0 aliphatic carbocycles. The van der Waals surface area contributed by atoms with Gasteiger partial charge in [-0.05, 0) is 72.1 Å².